The molecular formula is C14H13N3O2. The number of ketones is 1. The Bertz CT molecular complexity index is 694. The number of rotatable bonds is 3. The topological polar surface area (TPSA) is 74.9 Å². The van der Waals surface area contributed by atoms with Gasteiger partial charge in [0.2, 0.25) is 5.91 Å². The SMILES string of the molecule is CNC(=O)[C@H](C#N)C(=O)c1cccc2c1ccn2C. The molecule has 0 saturated carbocycles. The van der Waals surface area contributed by atoms with Gasteiger partial charge in [-0.05, 0) is 12.1 Å². The van der Waals surface area contributed by atoms with E-state index in [0.717, 1.165) is 10.9 Å². The predicted octanol–water partition coefficient (Wildman–Crippen LogP) is 1.25. The van der Waals surface area contributed by atoms with E-state index in [2.05, 4.69) is 5.32 Å². The molecule has 1 amide bonds. The second-order valence-corrected chi connectivity index (χ2v) is 4.21. The van der Waals surface area contributed by atoms with Crippen LogP contribution in [0.25, 0.3) is 10.9 Å². The van der Waals surface area contributed by atoms with Crippen molar-refractivity contribution in [2.24, 2.45) is 13.0 Å². The number of Topliss-reactive ketones (excluding diaryl/α,β-unsaturated/α-hetero) is 1. The normalized spacial score (nSPS) is 11.8. The third kappa shape index (κ3) is 2.08. The summed E-state index contributed by atoms with van der Waals surface area (Å²) in [5.74, 6) is -2.37. The van der Waals surface area contributed by atoms with E-state index in [1.54, 1.807) is 24.3 Å². The Kier molecular flexibility index (Phi) is 3.34. The summed E-state index contributed by atoms with van der Waals surface area (Å²) < 4.78 is 1.88. The summed E-state index contributed by atoms with van der Waals surface area (Å²) in [7, 11) is 3.28. The molecule has 0 saturated heterocycles. The number of carbonyl (C=O) groups is 2. The van der Waals surface area contributed by atoms with Crippen molar-refractivity contribution >= 4 is 22.6 Å². The number of hydrogen-bond acceptors (Lipinski definition) is 3. The molecule has 0 fully saturated rings. The second kappa shape index (κ2) is 4.94. The highest BCUT2D eigenvalue weighted by Gasteiger charge is 2.27. The van der Waals surface area contributed by atoms with Gasteiger partial charge >= 0.3 is 0 Å². The van der Waals surface area contributed by atoms with E-state index in [1.807, 2.05) is 23.9 Å². The number of carbonyl (C=O) groups excluding carboxylic acids is 2. The highest BCUT2D eigenvalue weighted by molar-refractivity contribution is 6.17. The van der Waals surface area contributed by atoms with Crippen molar-refractivity contribution in [3.63, 3.8) is 0 Å². The van der Waals surface area contributed by atoms with E-state index < -0.39 is 17.6 Å². The van der Waals surface area contributed by atoms with Crippen LogP contribution in [0.4, 0.5) is 0 Å². The van der Waals surface area contributed by atoms with Gasteiger partial charge in [-0.25, -0.2) is 0 Å². The molecule has 0 spiro atoms. The second-order valence-electron chi connectivity index (χ2n) is 4.21. The third-order valence-corrected chi connectivity index (χ3v) is 3.09. The standard InChI is InChI=1S/C14H13N3O2/c1-16-14(19)11(8-15)13(18)10-4-3-5-12-9(10)6-7-17(12)2/h3-7,11H,1-2H3,(H,16,19)/t11-/m1/s1. The largest absolute Gasteiger partial charge is 0.358 e. The Morgan fingerprint density at radius 1 is 1.37 bits per heavy atom. The number of nitrogens with zero attached hydrogens (tertiary/aromatic N) is 2. The Morgan fingerprint density at radius 3 is 2.74 bits per heavy atom. The van der Waals surface area contributed by atoms with Crippen LogP contribution in [0.15, 0.2) is 30.5 Å². The molecule has 0 aliphatic heterocycles. The lowest BCUT2D eigenvalue weighted by molar-refractivity contribution is -0.121. The minimum absolute atomic E-state index is 0.397. The van der Waals surface area contributed by atoms with E-state index in [0.29, 0.717) is 5.56 Å². The molecule has 0 aliphatic rings. The van der Waals surface area contributed by atoms with Crippen LogP contribution in [0.1, 0.15) is 10.4 Å². The number of nitrogens with one attached hydrogen (secondary N) is 1. The van der Waals surface area contributed by atoms with Gasteiger partial charge < -0.3 is 9.88 Å². The van der Waals surface area contributed by atoms with Gasteiger partial charge in [0.1, 0.15) is 0 Å². The zero-order valence-corrected chi connectivity index (χ0v) is 10.7. The lowest BCUT2D eigenvalue weighted by Crippen LogP contribution is -2.32. The van der Waals surface area contributed by atoms with Crippen LogP contribution in [-0.4, -0.2) is 23.3 Å². The van der Waals surface area contributed by atoms with Crippen molar-refractivity contribution in [3.05, 3.63) is 36.0 Å². The third-order valence-electron chi connectivity index (χ3n) is 3.09. The average Bonchev–Trinajstić information content (AvgIpc) is 2.81. The molecule has 2 aromatic rings. The summed E-state index contributed by atoms with van der Waals surface area (Å²) in [6.07, 6.45) is 1.84. The van der Waals surface area contributed by atoms with Crippen LogP contribution in [-0.2, 0) is 11.8 Å². The van der Waals surface area contributed by atoms with Crippen molar-refractivity contribution in [1.29, 1.82) is 5.26 Å². The van der Waals surface area contributed by atoms with Crippen LogP contribution in [0.2, 0.25) is 0 Å². The van der Waals surface area contributed by atoms with Gasteiger partial charge in [-0.1, -0.05) is 12.1 Å². The monoisotopic (exact) mass is 255 g/mol. The summed E-state index contributed by atoms with van der Waals surface area (Å²) >= 11 is 0. The quantitative estimate of drug-likeness (QED) is 0.662. The molecule has 2 rings (SSSR count). The van der Waals surface area contributed by atoms with Crippen LogP contribution in [0.5, 0.6) is 0 Å². The van der Waals surface area contributed by atoms with Crippen molar-refractivity contribution in [2.75, 3.05) is 7.05 Å². The molecule has 5 heteroatoms. The highest BCUT2D eigenvalue weighted by Crippen LogP contribution is 2.22. The first kappa shape index (κ1) is 12.8. The van der Waals surface area contributed by atoms with Crippen LogP contribution >= 0.6 is 0 Å². The molecule has 0 aliphatic carbocycles. The number of aromatic nitrogens is 1. The smallest absolute Gasteiger partial charge is 0.245 e. The zero-order valence-electron chi connectivity index (χ0n) is 10.7. The summed E-state index contributed by atoms with van der Waals surface area (Å²) in [5, 5.41) is 12.1. The first-order chi connectivity index (χ1) is 9.10. The first-order valence-corrected chi connectivity index (χ1v) is 5.79. The van der Waals surface area contributed by atoms with Crippen molar-refractivity contribution < 1.29 is 9.59 Å². The number of amides is 1. The van der Waals surface area contributed by atoms with Gasteiger partial charge in [0.05, 0.1) is 6.07 Å². The molecular weight excluding hydrogens is 242 g/mol. The number of benzene rings is 1. The van der Waals surface area contributed by atoms with E-state index in [1.165, 1.54) is 7.05 Å². The summed E-state index contributed by atoms with van der Waals surface area (Å²) in [6.45, 7) is 0. The van der Waals surface area contributed by atoms with Crippen LogP contribution in [0.3, 0.4) is 0 Å². The highest BCUT2D eigenvalue weighted by atomic mass is 16.2. The zero-order chi connectivity index (χ0) is 14.0. The van der Waals surface area contributed by atoms with E-state index >= 15 is 0 Å². The van der Waals surface area contributed by atoms with Gasteiger partial charge in [0.25, 0.3) is 0 Å². The maximum Gasteiger partial charge on any atom is 0.245 e. The van der Waals surface area contributed by atoms with Crippen molar-refractivity contribution in [1.82, 2.24) is 9.88 Å². The Morgan fingerprint density at radius 2 is 2.11 bits per heavy atom. The molecule has 5 nitrogen and oxygen atoms in total. The fraction of sp³-hybridized carbons (Fsp3) is 0.214. The predicted molar refractivity (Wildman–Crippen MR) is 70.4 cm³/mol. The fourth-order valence-electron chi connectivity index (χ4n) is 2.05. The molecule has 1 aromatic heterocycles. The van der Waals surface area contributed by atoms with Gasteiger partial charge in [-0.15, -0.1) is 0 Å². The van der Waals surface area contributed by atoms with Crippen LogP contribution in [0, 0.1) is 17.2 Å². The first-order valence-electron chi connectivity index (χ1n) is 5.79. The number of fused-ring (bicyclic) bond motifs is 1. The molecule has 96 valence electrons. The van der Waals surface area contributed by atoms with Gasteiger partial charge in [0, 0.05) is 36.8 Å². The molecule has 0 bridgehead atoms. The van der Waals surface area contributed by atoms with E-state index in [9.17, 15) is 9.59 Å². The Hall–Kier alpha value is -2.61. The Balaban J connectivity index is 2.53. The molecule has 0 unspecified atom stereocenters. The van der Waals surface area contributed by atoms with Crippen LogP contribution < -0.4 is 5.32 Å². The maximum absolute atomic E-state index is 12.3. The molecule has 1 heterocycles. The average molecular weight is 255 g/mol. The molecule has 1 atom stereocenters. The van der Waals surface area contributed by atoms with Gasteiger partial charge in [-0.3, -0.25) is 9.59 Å². The molecule has 1 aromatic carbocycles. The van der Waals surface area contributed by atoms with Crippen molar-refractivity contribution in [3.8, 4) is 6.07 Å². The summed E-state index contributed by atoms with van der Waals surface area (Å²) in [5.41, 5.74) is 1.28. The number of hydrogen-bond donors (Lipinski definition) is 1. The number of nitriles is 1. The lowest BCUT2D eigenvalue weighted by atomic mass is 9.95. The van der Waals surface area contributed by atoms with E-state index in [-0.39, 0.29) is 0 Å². The minimum atomic E-state index is -1.31. The van der Waals surface area contributed by atoms with E-state index in [4.69, 9.17) is 5.26 Å². The summed E-state index contributed by atoms with van der Waals surface area (Å²) in [6, 6.07) is 8.82. The molecule has 0 radical (unpaired) electrons. The number of aryl methyl sites for hydroxylation is 1. The van der Waals surface area contributed by atoms with Crippen molar-refractivity contribution in [2.45, 2.75) is 0 Å². The maximum atomic E-state index is 12.3. The minimum Gasteiger partial charge on any atom is -0.358 e. The lowest BCUT2D eigenvalue weighted by Gasteiger charge is -2.08. The molecule has 19 heavy (non-hydrogen) atoms. The fourth-order valence-corrected chi connectivity index (χ4v) is 2.05. The van der Waals surface area contributed by atoms with Gasteiger partial charge in [-0.2, -0.15) is 5.26 Å². The van der Waals surface area contributed by atoms with Gasteiger partial charge in [0.15, 0.2) is 11.7 Å². The Labute approximate surface area is 110 Å². The molecule has 1 N–H and O–H groups in total. The summed E-state index contributed by atoms with van der Waals surface area (Å²) in [4.78, 5) is 23.8.